The molecule has 0 atom stereocenters. The summed E-state index contributed by atoms with van der Waals surface area (Å²) in [5, 5.41) is 12.4. The minimum Gasteiger partial charge on any atom is -0.375 e. The SMILES string of the molecule is C#Cc1cccc(Nc2ncnc3ccc(NC(=O)CCNC(=O)c4ccc(C)c(C5=C6C=CC(=[N+](C)C)C=C6[Si](C)(C)c6cc(N(C)CCCS(=O)(=O)O)ccc65)c4)cc23)c1. The molecule has 0 spiro atoms. The van der Waals surface area contributed by atoms with E-state index in [-0.39, 0.29) is 30.5 Å². The highest BCUT2D eigenvalue weighted by atomic mass is 32.2. The largest absolute Gasteiger partial charge is 0.375 e. The number of anilines is 4. The summed E-state index contributed by atoms with van der Waals surface area (Å²) in [4.78, 5) is 37.7. The lowest BCUT2D eigenvalue weighted by atomic mass is 9.86. The smallest absolute Gasteiger partial charge is 0.264 e. The summed E-state index contributed by atoms with van der Waals surface area (Å²) in [5.74, 6) is 2.34. The summed E-state index contributed by atoms with van der Waals surface area (Å²) in [6, 6.07) is 25.0. The van der Waals surface area contributed by atoms with Crippen LogP contribution >= 0.6 is 0 Å². The molecule has 14 heteroatoms. The number of carbonyl (C=O) groups is 2. The van der Waals surface area contributed by atoms with Crippen molar-refractivity contribution >= 4 is 80.3 Å². The van der Waals surface area contributed by atoms with Crippen LogP contribution in [0.25, 0.3) is 16.5 Å². The Morgan fingerprint density at radius 2 is 1.76 bits per heavy atom. The monoisotopic (exact) mass is 864 g/mol. The fourth-order valence-corrected chi connectivity index (χ4v) is 11.5. The van der Waals surface area contributed by atoms with E-state index in [9.17, 15) is 22.6 Å². The van der Waals surface area contributed by atoms with Gasteiger partial charge in [0.2, 0.25) is 5.91 Å². The van der Waals surface area contributed by atoms with E-state index in [1.807, 2.05) is 87.6 Å². The second-order valence-corrected chi connectivity index (χ2v) is 22.2. The van der Waals surface area contributed by atoms with Gasteiger partial charge >= 0.3 is 0 Å². The van der Waals surface area contributed by atoms with Crippen molar-refractivity contribution in [3.05, 3.63) is 142 Å². The predicted octanol–water partition coefficient (Wildman–Crippen LogP) is 6.62. The second kappa shape index (κ2) is 17.7. The lowest BCUT2D eigenvalue weighted by molar-refractivity contribution is -0.462. The molecule has 2 aliphatic rings. The number of carbonyl (C=O) groups excluding carboxylic acids is 2. The second-order valence-electron chi connectivity index (χ2n) is 16.3. The number of benzene rings is 4. The van der Waals surface area contributed by atoms with Gasteiger partial charge in [0.1, 0.15) is 34.3 Å². The van der Waals surface area contributed by atoms with E-state index >= 15 is 0 Å². The maximum absolute atomic E-state index is 13.7. The van der Waals surface area contributed by atoms with E-state index in [2.05, 4.69) is 85.9 Å². The van der Waals surface area contributed by atoms with Gasteiger partial charge in [-0.25, -0.2) is 14.5 Å². The number of allylic oxidation sites excluding steroid dienone is 5. The standard InChI is InChI=1S/C48H49N7O5SSi/c1-8-32-11-9-12-34(25-32)53-47-41-27-35(15-20-42(41)50-30-51-47)52-45(56)21-22-49-48(57)33-14-13-31(2)40(26-33)46-38-18-16-36(54(3)4)28-43(38)62(6,7)44-29-37(17-19-39(44)46)55(5)23-10-24-61(58,59)60/h1,9,11-20,25-30H,10,21-24H2,2-7H3,(H3-,49,50,51,52,53,56,57,58,59,60)/p+1. The molecule has 316 valence electrons. The molecule has 0 fully saturated rings. The molecule has 1 aliphatic carbocycles. The Bertz CT molecular complexity index is 2920. The van der Waals surface area contributed by atoms with Crippen molar-refractivity contribution in [3.8, 4) is 12.3 Å². The first-order valence-electron chi connectivity index (χ1n) is 20.3. The zero-order chi connectivity index (χ0) is 44.3. The fraction of sp³-hybridized carbons (Fsp3) is 0.229. The number of hydrogen-bond acceptors (Lipinski definition) is 8. The van der Waals surface area contributed by atoms with Crippen LogP contribution in [-0.2, 0) is 14.9 Å². The number of aryl methyl sites for hydroxylation is 1. The average molecular weight is 865 g/mol. The first kappa shape index (κ1) is 43.4. The van der Waals surface area contributed by atoms with Crippen LogP contribution in [0.5, 0.6) is 0 Å². The van der Waals surface area contributed by atoms with Crippen molar-refractivity contribution in [1.29, 1.82) is 0 Å². The molecule has 4 aromatic carbocycles. The summed E-state index contributed by atoms with van der Waals surface area (Å²) in [5.41, 5.74) is 10.5. The Balaban J connectivity index is 1.10. The van der Waals surface area contributed by atoms with E-state index in [1.54, 1.807) is 6.07 Å². The highest BCUT2D eigenvalue weighted by Crippen LogP contribution is 2.43. The molecule has 1 aliphatic heterocycles. The van der Waals surface area contributed by atoms with Crippen LogP contribution in [-0.4, -0.2) is 93.1 Å². The number of hydrogen-bond donors (Lipinski definition) is 4. The molecule has 5 aromatic rings. The van der Waals surface area contributed by atoms with Gasteiger partial charge in [-0.2, -0.15) is 8.42 Å². The highest BCUT2D eigenvalue weighted by molar-refractivity contribution is 7.85. The number of nitrogens with one attached hydrogen (secondary N) is 3. The molecule has 2 amide bonds. The van der Waals surface area contributed by atoms with Gasteiger partial charge in [-0.05, 0) is 118 Å². The molecule has 7 rings (SSSR count). The van der Waals surface area contributed by atoms with Crippen LogP contribution in [0.3, 0.4) is 0 Å². The summed E-state index contributed by atoms with van der Waals surface area (Å²) in [7, 11) is -0.372. The topological polar surface area (TPSA) is 157 Å². The van der Waals surface area contributed by atoms with Crippen molar-refractivity contribution in [2.45, 2.75) is 32.9 Å². The van der Waals surface area contributed by atoms with Gasteiger partial charge in [0.05, 0.1) is 11.3 Å². The number of terminal acetylenes is 1. The predicted molar refractivity (Wildman–Crippen MR) is 252 cm³/mol. The molecule has 0 bridgehead atoms. The first-order chi connectivity index (χ1) is 29.5. The van der Waals surface area contributed by atoms with Gasteiger partial charge in [-0.1, -0.05) is 37.2 Å². The van der Waals surface area contributed by atoms with E-state index in [0.29, 0.717) is 40.9 Å². The molecule has 0 unspecified atom stereocenters. The van der Waals surface area contributed by atoms with Crippen molar-refractivity contribution in [2.24, 2.45) is 0 Å². The molecule has 1 aromatic heterocycles. The van der Waals surface area contributed by atoms with Gasteiger partial charge in [0.15, 0.2) is 5.71 Å². The van der Waals surface area contributed by atoms with Gasteiger partial charge in [0.25, 0.3) is 16.0 Å². The zero-order valence-electron chi connectivity index (χ0n) is 35.7. The Hall–Kier alpha value is -6.66. The van der Waals surface area contributed by atoms with E-state index in [4.69, 9.17) is 6.42 Å². The molecule has 2 heterocycles. The molecule has 4 N–H and O–H groups in total. The quantitative estimate of drug-likeness (QED) is 0.0443. The Kier molecular flexibility index (Phi) is 12.4. The van der Waals surface area contributed by atoms with Gasteiger partial charge in [-0.15, -0.1) is 6.42 Å². The lowest BCUT2D eigenvalue weighted by Gasteiger charge is -2.38. The first-order valence-corrected chi connectivity index (χ1v) is 24.9. The molecular formula is C48H50N7O5SSi+. The number of rotatable bonds is 13. The minimum absolute atomic E-state index is 0.0520. The summed E-state index contributed by atoms with van der Waals surface area (Å²) in [6.07, 6.45) is 14.0. The lowest BCUT2D eigenvalue weighted by Crippen LogP contribution is -2.50. The third-order valence-electron chi connectivity index (χ3n) is 11.4. The van der Waals surface area contributed by atoms with Crippen LogP contribution in [0.2, 0.25) is 13.1 Å². The summed E-state index contributed by atoms with van der Waals surface area (Å²) < 4.78 is 34.2. The molecule has 0 saturated heterocycles. The number of fused-ring (bicyclic) bond motifs is 3. The normalized spacial score (nSPS) is 14.0. The van der Waals surface area contributed by atoms with Crippen molar-refractivity contribution in [3.63, 3.8) is 0 Å². The van der Waals surface area contributed by atoms with Crippen molar-refractivity contribution < 1.29 is 27.1 Å². The summed E-state index contributed by atoms with van der Waals surface area (Å²) in [6.45, 7) is 7.32. The van der Waals surface area contributed by atoms with E-state index < -0.39 is 18.2 Å². The van der Waals surface area contributed by atoms with Gasteiger partial charge in [-0.3, -0.25) is 14.1 Å². The van der Waals surface area contributed by atoms with Crippen LogP contribution in [0, 0.1) is 19.3 Å². The average Bonchev–Trinajstić information content (AvgIpc) is 3.23. The van der Waals surface area contributed by atoms with Crippen LogP contribution in [0.15, 0.2) is 114 Å². The van der Waals surface area contributed by atoms with Crippen molar-refractivity contribution in [1.82, 2.24) is 15.3 Å². The molecule has 12 nitrogen and oxygen atoms in total. The third-order valence-corrected chi connectivity index (χ3v) is 15.7. The van der Waals surface area contributed by atoms with Crippen LogP contribution in [0.1, 0.15) is 45.5 Å². The zero-order valence-corrected chi connectivity index (χ0v) is 37.5. The Morgan fingerprint density at radius 1 is 0.952 bits per heavy atom. The molecule has 0 saturated carbocycles. The number of aromatic nitrogens is 2. The molecule has 0 radical (unpaired) electrons. The van der Waals surface area contributed by atoms with E-state index in [1.165, 1.54) is 16.7 Å². The maximum Gasteiger partial charge on any atom is 0.264 e. The summed E-state index contributed by atoms with van der Waals surface area (Å²) >= 11 is 0. The Labute approximate surface area is 364 Å². The molecular weight excluding hydrogens is 815 g/mol. The Morgan fingerprint density at radius 3 is 2.52 bits per heavy atom. The van der Waals surface area contributed by atoms with Crippen LogP contribution < -0.4 is 26.0 Å². The van der Waals surface area contributed by atoms with E-state index in [0.717, 1.165) is 50.5 Å². The minimum atomic E-state index is -4.05. The third kappa shape index (κ3) is 9.45. The van der Waals surface area contributed by atoms with Crippen LogP contribution in [0.4, 0.5) is 22.9 Å². The van der Waals surface area contributed by atoms with Gasteiger partial charge < -0.3 is 20.9 Å². The number of nitrogens with zero attached hydrogens (tertiary/aromatic N) is 4. The van der Waals surface area contributed by atoms with Crippen molar-refractivity contribution in [2.75, 3.05) is 55.5 Å². The maximum atomic E-state index is 13.7. The highest BCUT2D eigenvalue weighted by Gasteiger charge is 2.41. The molecule has 62 heavy (non-hydrogen) atoms. The fourth-order valence-electron chi connectivity index (χ4n) is 7.95. The number of amides is 2. The van der Waals surface area contributed by atoms with Gasteiger partial charge in [0, 0.05) is 72.3 Å².